The number of rotatable bonds is 15. The minimum absolute atomic E-state index is 0.0567. The number of allylic oxidation sites excluding steroid dienone is 3. The number of ketones is 1. The van der Waals surface area contributed by atoms with Crippen LogP contribution in [0.15, 0.2) is 131 Å². The molecular formula is C78H94Cl2N10O12S2. The van der Waals surface area contributed by atoms with Gasteiger partial charge in [0.2, 0.25) is 11.8 Å². The van der Waals surface area contributed by atoms with Crippen molar-refractivity contribution in [2.75, 3.05) is 63.4 Å². The van der Waals surface area contributed by atoms with Crippen LogP contribution in [0, 0.1) is 35.5 Å². The van der Waals surface area contributed by atoms with E-state index in [9.17, 15) is 37.5 Å². The highest BCUT2D eigenvalue weighted by molar-refractivity contribution is 7.93. The number of nitrogens with one attached hydrogen (secondary N) is 2. The number of nitrogens with zero attached hydrogens (tertiary/aromatic N) is 8. The smallest absolute Gasteiger partial charge is 0.286 e. The minimum Gasteiger partial charge on any atom is -0.490 e. The van der Waals surface area contributed by atoms with Crippen LogP contribution in [-0.4, -0.2) is 133 Å². The molecule has 3 aliphatic heterocycles. The molecule has 4 aliphatic carbocycles. The Balaban J connectivity index is 0.000000196. The number of methoxy groups -OCH3 is 2. The number of ether oxygens (including phenoxy) is 4. The first kappa shape index (κ1) is 75.4. The van der Waals surface area contributed by atoms with Gasteiger partial charge in [-0.3, -0.25) is 42.8 Å². The molecule has 0 saturated heterocycles. The normalized spacial score (nSPS) is 26.5. The summed E-state index contributed by atoms with van der Waals surface area (Å²) in [6.45, 7) is 18.2. The minimum atomic E-state index is -3.72. The zero-order valence-corrected chi connectivity index (χ0v) is 63.5. The molecule has 2 fully saturated rings. The molecule has 26 heteroatoms. The molecule has 6 aromatic rings. The van der Waals surface area contributed by atoms with Gasteiger partial charge in [-0.2, -0.15) is 0 Å². The maximum absolute atomic E-state index is 14.8. The molecule has 2 saturated carbocycles. The highest BCUT2D eigenvalue weighted by Crippen LogP contribution is 2.49. The molecule has 2 spiro atoms. The molecule has 7 aliphatic rings. The molecule has 2 aromatic heterocycles. The van der Waals surface area contributed by atoms with Crippen LogP contribution in [0.5, 0.6) is 23.3 Å². The van der Waals surface area contributed by atoms with E-state index in [4.69, 9.17) is 42.1 Å². The summed E-state index contributed by atoms with van der Waals surface area (Å²) < 4.78 is 69.9. The predicted molar refractivity (Wildman–Crippen MR) is 404 cm³/mol. The maximum atomic E-state index is 14.8. The standard InChI is InChI=1S/C40H50ClN5O6S.C38H44ClN5O6S/c1-7-10-25(3)26(4)53(50,44-38(49)32-22-45(5)42-39(32)51-6)43-37(48)28-13-17-36-34(20-28)46(21-29-12-15-31(29)35(47)8-2)23-40(24-52-36)18-9-11-27-19-30(41)14-16-33(27)40;1-23-7-5-9-33(45)29-13-10-27(29)19-44-21-38(16-6-8-25-17-28(39)12-14-31(25)38)22-50-34-15-11-26(18-32(34)44)35(46)41-51(48,24(23)2)42-36(47)30-20-43(3)40-37(30)49-4/h7-8,13-14,16-17,19-20,22,25-26,29,31,35,47H,1-2,9-12,15,18,21,23-24H2,3-6H3,(H,43,44,48,49,50);5,9,11-12,14-15,17-18,20,23-24,27,29H,6-8,10,13,16,19,21-22H2,1-4H3,(H,41,42,46,47,48)/b;9-5+/t25-,26+,29-,31+,35-,40-,53?;23-,24+,27-,29+,38-,51?/m00/s1. The van der Waals surface area contributed by atoms with Gasteiger partial charge in [-0.25, -0.2) is 8.42 Å². The van der Waals surface area contributed by atoms with Gasteiger partial charge in [0, 0.05) is 90.6 Å². The molecular weight excluding hydrogens is 1400 g/mol. The van der Waals surface area contributed by atoms with Crippen LogP contribution in [0.3, 0.4) is 0 Å². The molecule has 554 valence electrons. The van der Waals surface area contributed by atoms with E-state index in [1.807, 2.05) is 32.1 Å². The van der Waals surface area contributed by atoms with Crippen molar-refractivity contribution in [1.82, 2.24) is 29.0 Å². The summed E-state index contributed by atoms with van der Waals surface area (Å²) in [6, 6.07) is 22.6. The summed E-state index contributed by atoms with van der Waals surface area (Å²) in [5.41, 5.74) is 6.26. The molecule has 4 aromatic carbocycles. The van der Waals surface area contributed by atoms with Gasteiger partial charge < -0.3 is 33.9 Å². The number of aliphatic hydroxyl groups excluding tert-OH is 1. The number of carbonyl (C=O) groups is 5. The zero-order chi connectivity index (χ0) is 74.2. The third-order valence-corrected chi connectivity index (χ3v) is 28.0. The van der Waals surface area contributed by atoms with Crippen LogP contribution >= 0.6 is 23.2 Å². The lowest BCUT2D eigenvalue weighted by Gasteiger charge is -2.45. The summed E-state index contributed by atoms with van der Waals surface area (Å²) in [4.78, 5) is 73.5. The molecule has 0 radical (unpaired) electrons. The number of halogens is 2. The number of aryl methyl sites for hydroxylation is 4. The first-order valence-electron chi connectivity index (χ1n) is 35.8. The fourth-order valence-electron chi connectivity index (χ4n) is 16.1. The van der Waals surface area contributed by atoms with Gasteiger partial charge in [-0.1, -0.05) is 67.4 Å². The van der Waals surface area contributed by atoms with Gasteiger partial charge in [-0.15, -0.1) is 32.1 Å². The summed E-state index contributed by atoms with van der Waals surface area (Å²) in [6.07, 6.45) is 19.3. The SMILES string of the molecule is C=CC[C@H](C)[C@@H](C)S(=O)(=NC(=O)c1ccc2c(c1)N(C[C@@H]1CC[C@H]1[C@@H](O)C=C)C[C@@]1(CCCc3cc(Cl)ccc31)CO2)NC(=O)c1cn(C)nc1OC.COc1nn(C)cc1C(=O)NS1(=O)=NC(=O)c2ccc3c(c2)N(C[C@@H]2CC[C@H]2C(=O)/C=C/C[C@H](C)[C@H]1C)C[C@@]1(CCCc2cc(Cl)ccc21)CO3. The van der Waals surface area contributed by atoms with Crippen LogP contribution < -0.4 is 38.2 Å². The molecule has 13 atom stereocenters. The predicted octanol–water partition coefficient (Wildman–Crippen LogP) is 12.8. The summed E-state index contributed by atoms with van der Waals surface area (Å²) in [5, 5.41) is 18.9. The lowest BCUT2D eigenvalue weighted by molar-refractivity contribution is -0.122. The van der Waals surface area contributed by atoms with E-state index in [1.54, 1.807) is 82.6 Å². The van der Waals surface area contributed by atoms with Crippen molar-refractivity contribution in [3.8, 4) is 23.3 Å². The number of hydrogen-bond donors (Lipinski definition) is 3. The van der Waals surface area contributed by atoms with Gasteiger partial charge in [0.25, 0.3) is 23.6 Å². The van der Waals surface area contributed by atoms with Crippen molar-refractivity contribution >= 4 is 83.8 Å². The van der Waals surface area contributed by atoms with Gasteiger partial charge in [0.15, 0.2) is 5.78 Å². The number of benzene rings is 4. The average molecular weight is 1500 g/mol. The Morgan fingerprint density at radius 1 is 0.817 bits per heavy atom. The fraction of sp³-hybridized carbons (Fsp3) is 0.474. The summed E-state index contributed by atoms with van der Waals surface area (Å²) >= 11 is 12.9. The topological polar surface area (TPSA) is 268 Å². The second-order valence-corrected chi connectivity index (χ2v) is 34.8. The van der Waals surface area contributed by atoms with E-state index in [0.717, 1.165) is 75.6 Å². The van der Waals surface area contributed by atoms with Crippen LogP contribution in [0.25, 0.3) is 0 Å². The lowest BCUT2D eigenvalue weighted by Crippen LogP contribution is -2.49. The molecule has 3 N–H and O–H groups in total. The number of aliphatic hydroxyl groups is 1. The van der Waals surface area contributed by atoms with E-state index in [0.29, 0.717) is 73.8 Å². The van der Waals surface area contributed by atoms with E-state index in [1.165, 1.54) is 58.2 Å². The highest BCUT2D eigenvalue weighted by atomic mass is 35.5. The second kappa shape index (κ2) is 31.0. The Hall–Kier alpha value is -8.29. The fourth-order valence-corrected chi connectivity index (χ4v) is 20.3. The van der Waals surface area contributed by atoms with E-state index >= 15 is 0 Å². The average Bonchev–Trinajstić information content (AvgIpc) is 1.61. The number of carbonyl (C=O) groups excluding carboxylic acids is 5. The van der Waals surface area contributed by atoms with Crippen LogP contribution in [-0.2, 0) is 62.4 Å². The maximum Gasteiger partial charge on any atom is 0.286 e. The molecule has 22 nitrogen and oxygen atoms in total. The first-order chi connectivity index (χ1) is 49.7. The Labute approximate surface area is 619 Å². The van der Waals surface area contributed by atoms with Gasteiger partial charge in [0.1, 0.15) is 42.5 Å². The van der Waals surface area contributed by atoms with Crippen molar-refractivity contribution in [3.05, 3.63) is 177 Å². The van der Waals surface area contributed by atoms with Crippen LogP contribution in [0.2, 0.25) is 10.0 Å². The van der Waals surface area contributed by atoms with Crippen LogP contribution in [0.4, 0.5) is 11.4 Å². The Kier molecular flexibility index (Phi) is 22.5. The number of fused-ring (bicyclic) bond motifs is 7. The van der Waals surface area contributed by atoms with Crippen molar-refractivity contribution in [3.63, 3.8) is 0 Å². The quantitative estimate of drug-likeness (QED) is 0.0807. The van der Waals surface area contributed by atoms with E-state index in [-0.39, 0.29) is 86.1 Å². The summed E-state index contributed by atoms with van der Waals surface area (Å²) in [7, 11) is -1.35. The van der Waals surface area contributed by atoms with Gasteiger partial charge in [0.05, 0.1) is 55.4 Å². The number of hydrogen-bond acceptors (Lipinski definition) is 16. The molecule has 2 unspecified atom stereocenters. The Morgan fingerprint density at radius 2 is 1.43 bits per heavy atom. The molecule has 5 heterocycles. The highest BCUT2D eigenvalue weighted by Gasteiger charge is 2.47. The van der Waals surface area contributed by atoms with Crippen molar-refractivity contribution in [1.29, 1.82) is 0 Å². The summed E-state index contributed by atoms with van der Waals surface area (Å²) in [5.74, 6) is -1.63. The second-order valence-electron chi connectivity index (χ2n) is 29.4. The van der Waals surface area contributed by atoms with Gasteiger partial charge in [-0.05, 0) is 209 Å². The molecule has 2 bridgehead atoms. The third-order valence-electron chi connectivity index (χ3n) is 22.7. The first-order valence-corrected chi connectivity index (χ1v) is 39.8. The molecule has 13 rings (SSSR count). The Bertz CT molecular complexity index is 4650. The molecule has 104 heavy (non-hydrogen) atoms. The van der Waals surface area contributed by atoms with Gasteiger partial charge >= 0.3 is 0 Å². The van der Waals surface area contributed by atoms with E-state index < -0.39 is 60.1 Å². The van der Waals surface area contributed by atoms with Crippen molar-refractivity contribution < 1.29 is 56.4 Å². The third kappa shape index (κ3) is 15.4. The zero-order valence-electron chi connectivity index (χ0n) is 60.3. The van der Waals surface area contributed by atoms with E-state index in [2.05, 4.69) is 75.6 Å². The molecule has 4 amide bonds. The van der Waals surface area contributed by atoms with Crippen LogP contribution in [0.1, 0.15) is 156 Å². The number of aromatic nitrogens is 4. The van der Waals surface area contributed by atoms with Crippen molar-refractivity contribution in [2.45, 2.75) is 132 Å². The lowest BCUT2D eigenvalue weighted by atomic mass is 9.68. The number of amides is 4. The van der Waals surface area contributed by atoms with Crippen molar-refractivity contribution in [2.24, 2.45) is 58.3 Å². The monoisotopic (exact) mass is 1500 g/mol. The Morgan fingerprint density at radius 3 is 2.02 bits per heavy atom. The number of anilines is 2. The largest absolute Gasteiger partial charge is 0.490 e.